The Bertz CT molecular complexity index is 168. The zero-order valence-electron chi connectivity index (χ0n) is 4.19. The summed E-state index contributed by atoms with van der Waals surface area (Å²) in [5, 5.41) is 0. The molecule has 1 aromatic carbocycles. The molecule has 0 amide bonds. The Morgan fingerprint density at radius 2 is 2.12 bits per heavy atom. The molecule has 0 aliphatic carbocycles. The van der Waals surface area contributed by atoms with Crippen LogP contribution >= 0.6 is 22.6 Å². The highest BCUT2D eigenvalue weighted by Gasteiger charge is 1.83. The highest BCUT2D eigenvalue weighted by Crippen LogP contribution is 2.09. The van der Waals surface area contributed by atoms with Crippen molar-refractivity contribution in [3.05, 3.63) is 27.8 Å². The van der Waals surface area contributed by atoms with Crippen LogP contribution in [-0.2, 0) is 0 Å². The van der Waals surface area contributed by atoms with Crippen molar-refractivity contribution in [3.8, 4) is 0 Å². The molecular weight excluding hydrogens is 213 g/mol. The van der Waals surface area contributed by atoms with Gasteiger partial charge in [0.15, 0.2) is 0 Å². The lowest BCUT2D eigenvalue weighted by molar-refractivity contribution is 1.47. The largest absolute Gasteiger partial charge is 0.301 e. The molecule has 0 bridgehead atoms. The molecule has 1 nitrogen and oxygen atoms in total. The first-order valence-corrected chi connectivity index (χ1v) is 3.34. The van der Waals surface area contributed by atoms with E-state index in [2.05, 4.69) is 22.6 Å². The van der Waals surface area contributed by atoms with Crippen molar-refractivity contribution < 1.29 is 0 Å². The van der Waals surface area contributed by atoms with E-state index in [1.54, 1.807) is 6.07 Å². The summed E-state index contributed by atoms with van der Waals surface area (Å²) in [6, 6.07) is 7.44. The van der Waals surface area contributed by atoms with Crippen LogP contribution in [0.1, 0.15) is 0 Å². The summed E-state index contributed by atoms with van der Waals surface area (Å²) in [6.07, 6.45) is 0. The average Bonchev–Trinajstić information content (AvgIpc) is 1.64. The zero-order chi connectivity index (χ0) is 5.98. The third kappa shape index (κ3) is 1.36. The van der Waals surface area contributed by atoms with Gasteiger partial charge in [-0.3, -0.25) is 0 Å². The highest BCUT2D eigenvalue weighted by molar-refractivity contribution is 14.1. The second-order valence-electron chi connectivity index (χ2n) is 1.51. The molecule has 1 N–H and O–H groups in total. The Morgan fingerprint density at radius 1 is 1.38 bits per heavy atom. The summed E-state index contributed by atoms with van der Waals surface area (Å²) in [6.45, 7) is 0. The van der Waals surface area contributed by atoms with Gasteiger partial charge in [0.05, 0.1) is 5.69 Å². The quantitative estimate of drug-likeness (QED) is 0.596. The molecule has 0 spiro atoms. The second-order valence-corrected chi connectivity index (χ2v) is 2.76. The van der Waals surface area contributed by atoms with Crippen molar-refractivity contribution in [3.63, 3.8) is 0 Å². The van der Waals surface area contributed by atoms with Gasteiger partial charge in [-0.1, -0.05) is 6.07 Å². The number of hydrogen-bond donors (Lipinski definition) is 0. The monoisotopic (exact) mass is 218 g/mol. The standard InChI is InChI=1S/C6H5IN/c7-5-2-1-3-6(8)4-5/h1-4,8H. The lowest BCUT2D eigenvalue weighted by atomic mass is 10.3. The third-order valence-corrected chi connectivity index (χ3v) is 1.50. The van der Waals surface area contributed by atoms with E-state index in [-0.39, 0.29) is 0 Å². The topological polar surface area (TPSA) is 23.8 Å². The van der Waals surface area contributed by atoms with Gasteiger partial charge in [0.25, 0.3) is 0 Å². The van der Waals surface area contributed by atoms with Gasteiger partial charge in [0.2, 0.25) is 0 Å². The molecule has 1 radical (unpaired) electrons. The predicted molar refractivity (Wildman–Crippen MR) is 41.9 cm³/mol. The molecule has 1 aromatic rings. The number of benzene rings is 1. The summed E-state index contributed by atoms with van der Waals surface area (Å²) >= 11 is 2.19. The molecule has 0 saturated heterocycles. The van der Waals surface area contributed by atoms with Gasteiger partial charge in [-0.2, -0.15) is 0 Å². The molecule has 0 heterocycles. The van der Waals surface area contributed by atoms with E-state index < -0.39 is 0 Å². The Hall–Kier alpha value is -0.250. The first-order valence-electron chi connectivity index (χ1n) is 2.26. The Labute approximate surface area is 62.0 Å². The fourth-order valence-electron chi connectivity index (χ4n) is 0.488. The van der Waals surface area contributed by atoms with E-state index in [4.69, 9.17) is 5.73 Å². The molecule has 1 rings (SSSR count). The Morgan fingerprint density at radius 3 is 2.50 bits per heavy atom. The Kier molecular flexibility index (Phi) is 1.73. The summed E-state index contributed by atoms with van der Waals surface area (Å²) < 4.78 is 1.12. The van der Waals surface area contributed by atoms with Crippen LogP contribution in [0.5, 0.6) is 0 Å². The van der Waals surface area contributed by atoms with Crippen LogP contribution in [0.25, 0.3) is 0 Å². The molecule has 0 aromatic heterocycles. The van der Waals surface area contributed by atoms with Gasteiger partial charge in [0, 0.05) is 3.57 Å². The molecule has 0 unspecified atom stereocenters. The van der Waals surface area contributed by atoms with Crippen LogP contribution in [0.15, 0.2) is 24.3 Å². The molecule has 8 heavy (non-hydrogen) atoms. The molecule has 0 aliphatic heterocycles. The second kappa shape index (κ2) is 2.35. The van der Waals surface area contributed by atoms with Crippen molar-refractivity contribution in [2.45, 2.75) is 0 Å². The van der Waals surface area contributed by atoms with E-state index in [0.717, 1.165) is 3.57 Å². The number of hydrogen-bond acceptors (Lipinski definition) is 0. The van der Waals surface area contributed by atoms with Crippen molar-refractivity contribution in [1.29, 1.82) is 0 Å². The van der Waals surface area contributed by atoms with Crippen LogP contribution in [-0.4, -0.2) is 0 Å². The van der Waals surface area contributed by atoms with Crippen molar-refractivity contribution in [2.75, 3.05) is 0 Å². The normalized spacial score (nSPS) is 9.12. The maximum atomic E-state index is 7.13. The molecule has 0 fully saturated rings. The minimum atomic E-state index is 0.580. The van der Waals surface area contributed by atoms with E-state index in [9.17, 15) is 0 Å². The molecule has 0 saturated carbocycles. The number of nitrogens with one attached hydrogen (secondary N) is 1. The molecule has 0 atom stereocenters. The molecule has 2 heteroatoms. The molecule has 0 aliphatic rings. The summed E-state index contributed by atoms with van der Waals surface area (Å²) in [5.74, 6) is 0. The van der Waals surface area contributed by atoms with Gasteiger partial charge >= 0.3 is 0 Å². The van der Waals surface area contributed by atoms with Crippen LogP contribution in [0.3, 0.4) is 0 Å². The lowest BCUT2D eigenvalue weighted by Crippen LogP contribution is -1.69. The molecule has 41 valence electrons. The van der Waals surface area contributed by atoms with E-state index in [0.29, 0.717) is 5.69 Å². The van der Waals surface area contributed by atoms with E-state index in [1.807, 2.05) is 18.2 Å². The van der Waals surface area contributed by atoms with E-state index >= 15 is 0 Å². The van der Waals surface area contributed by atoms with Crippen LogP contribution in [0.4, 0.5) is 5.69 Å². The first kappa shape index (κ1) is 5.88. The van der Waals surface area contributed by atoms with Gasteiger partial charge in [-0.05, 0) is 40.8 Å². The highest BCUT2D eigenvalue weighted by atomic mass is 127. The van der Waals surface area contributed by atoms with Crippen molar-refractivity contribution in [1.82, 2.24) is 5.73 Å². The maximum Gasteiger partial charge on any atom is 0.0550 e. The fraction of sp³-hybridized carbons (Fsp3) is 0. The van der Waals surface area contributed by atoms with Gasteiger partial charge in [-0.15, -0.1) is 0 Å². The zero-order valence-corrected chi connectivity index (χ0v) is 6.34. The predicted octanol–water partition coefficient (Wildman–Crippen LogP) is 2.21. The maximum absolute atomic E-state index is 7.13. The van der Waals surface area contributed by atoms with Crippen LogP contribution in [0.2, 0.25) is 0 Å². The first-order chi connectivity index (χ1) is 3.79. The number of rotatable bonds is 0. The van der Waals surface area contributed by atoms with Crippen LogP contribution in [0, 0.1) is 3.57 Å². The number of halogens is 1. The average molecular weight is 218 g/mol. The minimum absolute atomic E-state index is 0.580. The van der Waals surface area contributed by atoms with Gasteiger partial charge in [0.1, 0.15) is 0 Å². The third-order valence-electron chi connectivity index (χ3n) is 0.825. The SMILES string of the molecule is [NH]c1cccc(I)c1. The smallest absolute Gasteiger partial charge is 0.0550 e. The summed E-state index contributed by atoms with van der Waals surface area (Å²) in [5.41, 5.74) is 7.71. The van der Waals surface area contributed by atoms with Crippen molar-refractivity contribution in [2.24, 2.45) is 0 Å². The van der Waals surface area contributed by atoms with E-state index in [1.165, 1.54) is 0 Å². The van der Waals surface area contributed by atoms with Gasteiger partial charge < -0.3 is 5.73 Å². The van der Waals surface area contributed by atoms with Crippen LogP contribution < -0.4 is 5.73 Å². The fourth-order valence-corrected chi connectivity index (χ4v) is 1.03. The lowest BCUT2D eigenvalue weighted by Gasteiger charge is -1.88. The molecular formula is C6H5IN. The Balaban J connectivity index is 3.08. The summed E-state index contributed by atoms with van der Waals surface area (Å²) in [7, 11) is 0. The van der Waals surface area contributed by atoms with Gasteiger partial charge in [-0.25, -0.2) is 0 Å². The minimum Gasteiger partial charge on any atom is -0.301 e. The summed E-state index contributed by atoms with van der Waals surface area (Å²) in [4.78, 5) is 0. The van der Waals surface area contributed by atoms with Crippen molar-refractivity contribution >= 4 is 28.3 Å².